The maximum atomic E-state index is 13.4. The van der Waals surface area contributed by atoms with Crippen LogP contribution in [-0.4, -0.2) is 40.5 Å². The molecule has 20 heavy (non-hydrogen) atoms. The third-order valence-electron chi connectivity index (χ3n) is 2.73. The Hall–Kier alpha value is -1.57. The molecule has 8 heteroatoms. The zero-order valence-electron chi connectivity index (χ0n) is 11.2. The molecule has 0 spiro atoms. The molecule has 0 aliphatic heterocycles. The van der Waals surface area contributed by atoms with Crippen molar-refractivity contribution in [2.45, 2.75) is 13.0 Å². The monoisotopic (exact) mass is 299 g/mol. The number of benzene rings is 1. The van der Waals surface area contributed by atoms with Crippen molar-refractivity contribution >= 4 is 11.6 Å². The van der Waals surface area contributed by atoms with Crippen molar-refractivity contribution in [3.63, 3.8) is 0 Å². The summed E-state index contributed by atoms with van der Waals surface area (Å²) in [4.78, 5) is 0. The van der Waals surface area contributed by atoms with Gasteiger partial charge in [0.05, 0.1) is 18.3 Å². The number of hydrogen-bond acceptors (Lipinski definition) is 5. The average molecular weight is 300 g/mol. The van der Waals surface area contributed by atoms with Crippen LogP contribution in [0.25, 0.3) is 5.69 Å². The summed E-state index contributed by atoms with van der Waals surface area (Å²) in [5, 5.41) is 15.0. The molecule has 0 aliphatic carbocycles. The molecule has 0 amide bonds. The van der Waals surface area contributed by atoms with E-state index in [1.807, 2.05) is 6.92 Å². The molecule has 0 aliphatic rings. The van der Waals surface area contributed by atoms with Gasteiger partial charge >= 0.3 is 0 Å². The minimum Gasteiger partial charge on any atom is -0.383 e. The third-order valence-corrected chi connectivity index (χ3v) is 2.95. The van der Waals surface area contributed by atoms with E-state index in [1.165, 1.54) is 16.8 Å². The highest BCUT2D eigenvalue weighted by Gasteiger charge is 2.16. The maximum absolute atomic E-state index is 13.4. The minimum atomic E-state index is -0.436. The number of hydrogen-bond donors (Lipinski definition) is 1. The van der Waals surface area contributed by atoms with Crippen LogP contribution >= 0.6 is 11.6 Å². The largest absolute Gasteiger partial charge is 0.383 e. The normalized spacial score (nSPS) is 12.6. The molecule has 1 aromatic heterocycles. The van der Waals surface area contributed by atoms with E-state index in [-0.39, 0.29) is 6.04 Å². The summed E-state index contributed by atoms with van der Waals surface area (Å²) in [6.45, 7) is 3.16. The van der Waals surface area contributed by atoms with Crippen molar-refractivity contribution in [1.82, 2.24) is 25.5 Å². The number of tetrazole rings is 1. The van der Waals surface area contributed by atoms with E-state index in [9.17, 15) is 4.39 Å². The molecule has 2 aromatic rings. The van der Waals surface area contributed by atoms with E-state index in [2.05, 4.69) is 20.8 Å². The van der Waals surface area contributed by atoms with Gasteiger partial charge in [-0.2, -0.15) is 4.68 Å². The van der Waals surface area contributed by atoms with Crippen molar-refractivity contribution < 1.29 is 9.13 Å². The van der Waals surface area contributed by atoms with Crippen LogP contribution in [0.5, 0.6) is 0 Å². The lowest BCUT2D eigenvalue weighted by Crippen LogP contribution is -2.25. The van der Waals surface area contributed by atoms with Crippen LogP contribution in [0.15, 0.2) is 18.2 Å². The highest BCUT2D eigenvalue weighted by atomic mass is 35.5. The predicted molar refractivity (Wildman–Crippen MR) is 72.4 cm³/mol. The molecule has 0 saturated carbocycles. The van der Waals surface area contributed by atoms with Crippen molar-refractivity contribution in [2.75, 3.05) is 20.3 Å². The Morgan fingerprint density at radius 2 is 2.25 bits per heavy atom. The van der Waals surface area contributed by atoms with Gasteiger partial charge in [0, 0.05) is 18.7 Å². The fourth-order valence-electron chi connectivity index (χ4n) is 1.78. The van der Waals surface area contributed by atoms with Gasteiger partial charge in [-0.1, -0.05) is 11.6 Å². The van der Waals surface area contributed by atoms with E-state index in [1.54, 1.807) is 13.2 Å². The van der Waals surface area contributed by atoms with Crippen LogP contribution < -0.4 is 5.32 Å². The third kappa shape index (κ3) is 3.50. The van der Waals surface area contributed by atoms with Gasteiger partial charge in [0.15, 0.2) is 5.82 Å². The first kappa shape index (κ1) is 14.8. The lowest BCUT2D eigenvalue weighted by atomic mass is 10.2. The van der Waals surface area contributed by atoms with Gasteiger partial charge in [0.1, 0.15) is 5.82 Å². The van der Waals surface area contributed by atoms with E-state index in [4.69, 9.17) is 16.3 Å². The molecule has 0 saturated heterocycles. The number of nitrogens with zero attached hydrogens (tertiary/aromatic N) is 4. The molecule has 0 fully saturated rings. The van der Waals surface area contributed by atoms with Crippen LogP contribution in [0.3, 0.4) is 0 Å². The Labute approximate surface area is 120 Å². The maximum Gasteiger partial charge on any atom is 0.173 e. The SMILES string of the molecule is COCCNC(C)c1nnnn1-c1cc(F)cc(Cl)c1. The number of ether oxygens (including phenoxy) is 1. The van der Waals surface area contributed by atoms with Gasteiger partial charge in [-0.25, -0.2) is 4.39 Å². The number of methoxy groups -OCH3 is 1. The number of aromatic nitrogens is 4. The molecule has 6 nitrogen and oxygen atoms in total. The number of nitrogens with one attached hydrogen (secondary N) is 1. The summed E-state index contributed by atoms with van der Waals surface area (Å²) in [7, 11) is 1.63. The second kappa shape index (κ2) is 6.74. The molecule has 0 radical (unpaired) electrons. The predicted octanol–water partition coefficient (Wildman–Crippen LogP) is 1.75. The fourth-order valence-corrected chi connectivity index (χ4v) is 1.99. The summed E-state index contributed by atoms with van der Waals surface area (Å²) >= 11 is 5.85. The molecule has 1 N–H and O–H groups in total. The first-order valence-electron chi connectivity index (χ1n) is 6.09. The molecule has 1 heterocycles. The first-order chi connectivity index (χ1) is 9.61. The van der Waals surface area contributed by atoms with Gasteiger partial charge in [-0.05, 0) is 35.5 Å². The molecule has 1 atom stereocenters. The number of rotatable bonds is 6. The van der Waals surface area contributed by atoms with Crippen LogP contribution in [0.2, 0.25) is 5.02 Å². The standard InChI is InChI=1S/C12H15ClFN5O/c1-8(15-3-4-20-2)12-16-17-18-19(12)11-6-9(13)5-10(14)7-11/h5-8,15H,3-4H2,1-2H3. The Morgan fingerprint density at radius 3 is 2.95 bits per heavy atom. The summed E-state index contributed by atoms with van der Waals surface area (Å²) in [6, 6.07) is 4.05. The molecule has 0 bridgehead atoms. The molecule has 2 rings (SSSR count). The second-order valence-electron chi connectivity index (χ2n) is 4.25. The highest BCUT2D eigenvalue weighted by Crippen LogP contribution is 2.19. The quantitative estimate of drug-likeness (QED) is 0.823. The van der Waals surface area contributed by atoms with Crippen molar-refractivity contribution in [2.24, 2.45) is 0 Å². The topological polar surface area (TPSA) is 64.9 Å². The summed E-state index contributed by atoms with van der Waals surface area (Å²) < 4.78 is 19.8. The number of halogens is 2. The molecule has 1 unspecified atom stereocenters. The van der Waals surface area contributed by atoms with E-state index < -0.39 is 5.82 Å². The summed E-state index contributed by atoms with van der Waals surface area (Å²) in [5.74, 6) is 0.136. The van der Waals surface area contributed by atoms with Crippen LogP contribution in [-0.2, 0) is 4.74 Å². The van der Waals surface area contributed by atoms with Crippen molar-refractivity contribution in [1.29, 1.82) is 0 Å². The van der Waals surface area contributed by atoms with Gasteiger partial charge in [-0.15, -0.1) is 5.10 Å². The van der Waals surface area contributed by atoms with E-state index >= 15 is 0 Å². The lowest BCUT2D eigenvalue weighted by Gasteiger charge is -2.13. The van der Waals surface area contributed by atoms with Gasteiger partial charge in [0.25, 0.3) is 0 Å². The highest BCUT2D eigenvalue weighted by molar-refractivity contribution is 6.30. The van der Waals surface area contributed by atoms with E-state index in [0.717, 1.165) is 0 Å². The molecular formula is C12H15ClFN5O. The first-order valence-corrected chi connectivity index (χ1v) is 6.46. The van der Waals surface area contributed by atoms with Gasteiger partial charge < -0.3 is 10.1 Å². The summed E-state index contributed by atoms with van der Waals surface area (Å²) in [5.41, 5.74) is 0.482. The Morgan fingerprint density at radius 1 is 1.45 bits per heavy atom. The van der Waals surface area contributed by atoms with Crippen LogP contribution in [0, 0.1) is 5.82 Å². The fraction of sp³-hybridized carbons (Fsp3) is 0.417. The molecule has 1 aromatic carbocycles. The van der Waals surface area contributed by atoms with Crippen molar-refractivity contribution in [3.8, 4) is 5.69 Å². The van der Waals surface area contributed by atoms with Crippen LogP contribution in [0.4, 0.5) is 4.39 Å². The van der Waals surface area contributed by atoms with E-state index in [0.29, 0.717) is 29.7 Å². The van der Waals surface area contributed by atoms with Crippen LogP contribution in [0.1, 0.15) is 18.8 Å². The molecule has 108 valence electrons. The second-order valence-corrected chi connectivity index (χ2v) is 4.68. The minimum absolute atomic E-state index is 0.109. The smallest absolute Gasteiger partial charge is 0.173 e. The summed E-state index contributed by atoms with van der Waals surface area (Å²) in [6.07, 6.45) is 0. The Kier molecular flexibility index (Phi) is 4.99. The van der Waals surface area contributed by atoms with Crippen molar-refractivity contribution in [3.05, 3.63) is 34.9 Å². The average Bonchev–Trinajstić information content (AvgIpc) is 2.87. The Bertz CT molecular complexity index is 556. The van der Waals surface area contributed by atoms with Gasteiger partial charge in [0.2, 0.25) is 0 Å². The zero-order valence-corrected chi connectivity index (χ0v) is 11.9. The molecular weight excluding hydrogens is 285 g/mol. The Balaban J connectivity index is 2.23. The lowest BCUT2D eigenvalue weighted by molar-refractivity contribution is 0.196. The van der Waals surface area contributed by atoms with Gasteiger partial charge in [-0.3, -0.25) is 0 Å². The zero-order chi connectivity index (χ0) is 14.5.